The summed E-state index contributed by atoms with van der Waals surface area (Å²) >= 11 is 0. The number of aromatic amines is 1. The number of carbonyl (C=O) groups is 1. The molecule has 1 fully saturated rings. The summed E-state index contributed by atoms with van der Waals surface area (Å²) in [6, 6.07) is 0. The molecule has 0 bridgehead atoms. The average molecular weight is 183 g/mol. The van der Waals surface area contributed by atoms with Crippen molar-refractivity contribution < 1.29 is 9.32 Å². The minimum Gasteiger partial charge on any atom is -0.335 e. The van der Waals surface area contributed by atoms with Crippen molar-refractivity contribution >= 4 is 5.91 Å². The minimum absolute atomic E-state index is 0.0168. The monoisotopic (exact) mass is 183 g/mol. The number of aromatic nitrogens is 2. The number of carbonyl (C=O) groups excluding carboxylic acids is 1. The van der Waals surface area contributed by atoms with Crippen LogP contribution in [0.15, 0.2) is 9.32 Å². The van der Waals surface area contributed by atoms with E-state index in [0.29, 0.717) is 19.0 Å². The normalized spacial score (nSPS) is 17.2. The SMILES string of the molecule is CC1CN(C(=O)c2noc(=O)[nH]2)C1. The Morgan fingerprint density at radius 2 is 2.38 bits per heavy atom. The second-order valence-corrected chi connectivity index (χ2v) is 3.26. The summed E-state index contributed by atoms with van der Waals surface area (Å²) < 4.78 is 4.22. The molecule has 0 aromatic carbocycles. The van der Waals surface area contributed by atoms with Crippen LogP contribution in [0.1, 0.15) is 17.5 Å². The van der Waals surface area contributed by atoms with E-state index in [0.717, 1.165) is 0 Å². The maximum Gasteiger partial charge on any atom is 0.439 e. The predicted molar refractivity (Wildman–Crippen MR) is 42.2 cm³/mol. The van der Waals surface area contributed by atoms with E-state index in [-0.39, 0.29) is 11.7 Å². The van der Waals surface area contributed by atoms with Crippen LogP contribution < -0.4 is 5.76 Å². The minimum atomic E-state index is -0.697. The second kappa shape index (κ2) is 2.72. The summed E-state index contributed by atoms with van der Waals surface area (Å²) in [6.07, 6.45) is 0. The van der Waals surface area contributed by atoms with Crippen molar-refractivity contribution in [3.05, 3.63) is 16.4 Å². The fourth-order valence-electron chi connectivity index (χ4n) is 1.34. The van der Waals surface area contributed by atoms with E-state index in [1.165, 1.54) is 0 Å². The molecule has 0 spiro atoms. The first-order valence-corrected chi connectivity index (χ1v) is 4.02. The molecular weight excluding hydrogens is 174 g/mol. The Labute approximate surface area is 73.5 Å². The number of likely N-dealkylation sites (tertiary alicyclic amines) is 1. The number of rotatable bonds is 1. The van der Waals surface area contributed by atoms with Gasteiger partial charge in [0, 0.05) is 13.1 Å². The van der Waals surface area contributed by atoms with Gasteiger partial charge < -0.3 is 4.90 Å². The van der Waals surface area contributed by atoms with Gasteiger partial charge in [-0.2, -0.15) is 0 Å². The van der Waals surface area contributed by atoms with E-state index < -0.39 is 5.76 Å². The molecule has 70 valence electrons. The average Bonchev–Trinajstić information content (AvgIpc) is 2.45. The third kappa shape index (κ3) is 1.34. The molecule has 2 rings (SSSR count). The van der Waals surface area contributed by atoms with E-state index in [9.17, 15) is 9.59 Å². The van der Waals surface area contributed by atoms with Crippen LogP contribution in [0.25, 0.3) is 0 Å². The van der Waals surface area contributed by atoms with Crippen LogP contribution >= 0.6 is 0 Å². The topological polar surface area (TPSA) is 79.2 Å². The number of hydrogen-bond donors (Lipinski definition) is 1. The van der Waals surface area contributed by atoms with Crippen LogP contribution in [-0.4, -0.2) is 34.0 Å². The molecule has 2 heterocycles. The number of nitrogens with one attached hydrogen (secondary N) is 1. The Hall–Kier alpha value is -1.59. The molecule has 0 unspecified atom stereocenters. The lowest BCUT2D eigenvalue weighted by Crippen LogP contribution is -2.49. The molecule has 1 saturated heterocycles. The third-order valence-corrected chi connectivity index (χ3v) is 1.99. The van der Waals surface area contributed by atoms with Gasteiger partial charge in [0.25, 0.3) is 5.91 Å². The smallest absolute Gasteiger partial charge is 0.335 e. The molecule has 1 aliphatic heterocycles. The molecule has 6 heteroatoms. The van der Waals surface area contributed by atoms with Gasteiger partial charge in [0.05, 0.1) is 0 Å². The molecule has 1 aromatic heterocycles. The van der Waals surface area contributed by atoms with Crippen molar-refractivity contribution in [3.8, 4) is 0 Å². The van der Waals surface area contributed by atoms with Crippen LogP contribution in [0.3, 0.4) is 0 Å². The van der Waals surface area contributed by atoms with E-state index >= 15 is 0 Å². The van der Waals surface area contributed by atoms with Crippen LogP contribution in [0.4, 0.5) is 0 Å². The van der Waals surface area contributed by atoms with Gasteiger partial charge in [0.15, 0.2) is 0 Å². The van der Waals surface area contributed by atoms with Crippen molar-refractivity contribution in [1.29, 1.82) is 0 Å². The summed E-state index contributed by atoms with van der Waals surface area (Å²) in [6.45, 7) is 3.48. The summed E-state index contributed by atoms with van der Waals surface area (Å²) in [5, 5.41) is 3.31. The Morgan fingerprint density at radius 1 is 1.69 bits per heavy atom. The molecule has 0 atom stereocenters. The molecule has 0 saturated carbocycles. The zero-order chi connectivity index (χ0) is 9.42. The van der Waals surface area contributed by atoms with Crippen molar-refractivity contribution in [1.82, 2.24) is 15.0 Å². The molecule has 1 N–H and O–H groups in total. The van der Waals surface area contributed by atoms with Gasteiger partial charge >= 0.3 is 5.76 Å². The highest BCUT2D eigenvalue weighted by Gasteiger charge is 2.29. The Balaban J connectivity index is 2.10. The van der Waals surface area contributed by atoms with E-state index in [4.69, 9.17) is 0 Å². The predicted octanol–water partition coefficient (Wildman–Crippen LogP) is -0.545. The summed E-state index contributed by atoms with van der Waals surface area (Å²) in [5.74, 6) is -0.458. The Kier molecular flexibility index (Phi) is 1.68. The van der Waals surface area contributed by atoms with Gasteiger partial charge in [-0.15, -0.1) is 0 Å². The highest BCUT2D eigenvalue weighted by molar-refractivity contribution is 5.90. The fraction of sp³-hybridized carbons (Fsp3) is 0.571. The fourth-order valence-corrected chi connectivity index (χ4v) is 1.34. The molecule has 1 amide bonds. The Bertz CT molecular complexity index is 374. The highest BCUT2D eigenvalue weighted by Crippen LogP contribution is 2.15. The van der Waals surface area contributed by atoms with E-state index in [2.05, 4.69) is 21.6 Å². The molecule has 0 aliphatic carbocycles. The van der Waals surface area contributed by atoms with Crippen molar-refractivity contribution in [2.24, 2.45) is 5.92 Å². The van der Waals surface area contributed by atoms with Gasteiger partial charge in [-0.25, -0.2) is 4.79 Å². The largest absolute Gasteiger partial charge is 0.439 e. The van der Waals surface area contributed by atoms with Crippen LogP contribution in [0, 0.1) is 5.92 Å². The van der Waals surface area contributed by atoms with Gasteiger partial charge in [0.2, 0.25) is 5.82 Å². The lowest BCUT2D eigenvalue weighted by atomic mass is 10.0. The van der Waals surface area contributed by atoms with Crippen LogP contribution in [-0.2, 0) is 0 Å². The summed E-state index contributed by atoms with van der Waals surface area (Å²) in [7, 11) is 0. The summed E-state index contributed by atoms with van der Waals surface area (Å²) in [5.41, 5.74) is 0. The molecule has 0 radical (unpaired) electrons. The first-order chi connectivity index (χ1) is 6.16. The lowest BCUT2D eigenvalue weighted by molar-refractivity contribution is 0.0514. The number of nitrogens with zero attached hydrogens (tertiary/aromatic N) is 2. The molecule has 1 aliphatic rings. The number of H-pyrrole nitrogens is 1. The third-order valence-electron chi connectivity index (χ3n) is 1.99. The van der Waals surface area contributed by atoms with Crippen molar-refractivity contribution in [2.45, 2.75) is 6.92 Å². The molecule has 6 nitrogen and oxygen atoms in total. The summed E-state index contributed by atoms with van der Waals surface area (Å²) in [4.78, 5) is 25.8. The van der Waals surface area contributed by atoms with Gasteiger partial charge in [-0.3, -0.25) is 14.3 Å². The van der Waals surface area contributed by atoms with Crippen LogP contribution in [0.5, 0.6) is 0 Å². The first kappa shape index (κ1) is 8.03. The maximum absolute atomic E-state index is 11.4. The van der Waals surface area contributed by atoms with Crippen LogP contribution in [0.2, 0.25) is 0 Å². The zero-order valence-corrected chi connectivity index (χ0v) is 7.11. The standard InChI is InChI=1S/C7H9N3O3/c1-4-2-10(3-4)6(11)5-8-7(12)13-9-5/h4H,2-3H2,1H3,(H,8,9,12). The second-order valence-electron chi connectivity index (χ2n) is 3.26. The zero-order valence-electron chi connectivity index (χ0n) is 7.11. The molecule has 1 aromatic rings. The van der Waals surface area contributed by atoms with Gasteiger partial charge in [-0.05, 0) is 11.1 Å². The highest BCUT2D eigenvalue weighted by atomic mass is 16.5. The van der Waals surface area contributed by atoms with E-state index in [1.807, 2.05) is 0 Å². The van der Waals surface area contributed by atoms with Gasteiger partial charge in [-0.1, -0.05) is 6.92 Å². The van der Waals surface area contributed by atoms with Crippen molar-refractivity contribution in [2.75, 3.05) is 13.1 Å². The van der Waals surface area contributed by atoms with E-state index in [1.54, 1.807) is 4.90 Å². The molecule has 13 heavy (non-hydrogen) atoms. The quantitative estimate of drug-likeness (QED) is 0.633. The number of amides is 1. The lowest BCUT2D eigenvalue weighted by Gasteiger charge is -2.36. The van der Waals surface area contributed by atoms with Gasteiger partial charge in [0.1, 0.15) is 0 Å². The maximum atomic E-state index is 11.4. The van der Waals surface area contributed by atoms with Crippen molar-refractivity contribution in [3.63, 3.8) is 0 Å². The first-order valence-electron chi connectivity index (χ1n) is 4.02. The molecular formula is C7H9N3O3. The Morgan fingerprint density at radius 3 is 2.85 bits per heavy atom. The number of hydrogen-bond acceptors (Lipinski definition) is 4.